The molecule has 0 saturated heterocycles. The molecule has 0 amide bonds. The summed E-state index contributed by atoms with van der Waals surface area (Å²) in [6, 6.07) is 3.50. The normalized spacial score (nSPS) is 11.3. The molecule has 0 bridgehead atoms. The number of benzene rings is 1. The molecule has 0 aliphatic rings. The van der Waals surface area contributed by atoms with E-state index in [2.05, 4.69) is 10.1 Å². The van der Waals surface area contributed by atoms with Gasteiger partial charge < -0.3 is 5.43 Å². The molecule has 8 nitrogen and oxygen atoms in total. The SMILES string of the molecule is CSCCCNS(=O)(=O)c1ccc(NN)c([N+](=O)[O-])c1. The molecule has 112 valence electrons. The summed E-state index contributed by atoms with van der Waals surface area (Å²) in [5.74, 6) is 5.97. The minimum Gasteiger partial charge on any atom is -0.318 e. The maximum Gasteiger partial charge on any atom is 0.294 e. The third-order valence-electron chi connectivity index (χ3n) is 2.45. The average Bonchev–Trinajstić information content (AvgIpc) is 2.42. The zero-order valence-corrected chi connectivity index (χ0v) is 12.5. The van der Waals surface area contributed by atoms with Gasteiger partial charge in [0, 0.05) is 12.6 Å². The van der Waals surface area contributed by atoms with Crippen LogP contribution in [0.1, 0.15) is 6.42 Å². The highest BCUT2D eigenvalue weighted by molar-refractivity contribution is 7.98. The topological polar surface area (TPSA) is 127 Å². The van der Waals surface area contributed by atoms with Crippen LogP contribution in [0.25, 0.3) is 0 Å². The zero-order valence-electron chi connectivity index (χ0n) is 10.8. The molecule has 4 N–H and O–H groups in total. The van der Waals surface area contributed by atoms with Crippen LogP contribution in [0.3, 0.4) is 0 Å². The molecule has 0 saturated carbocycles. The average molecular weight is 320 g/mol. The Hall–Kier alpha value is -1.36. The minimum absolute atomic E-state index is 0.0522. The third kappa shape index (κ3) is 4.34. The number of sulfonamides is 1. The molecule has 0 atom stereocenters. The molecule has 1 aromatic rings. The second kappa shape index (κ2) is 7.43. The van der Waals surface area contributed by atoms with Gasteiger partial charge in [-0.1, -0.05) is 0 Å². The van der Waals surface area contributed by atoms with E-state index >= 15 is 0 Å². The summed E-state index contributed by atoms with van der Waals surface area (Å²) in [4.78, 5) is 10.00. The molecule has 0 aliphatic carbocycles. The van der Waals surface area contributed by atoms with Crippen LogP contribution in [-0.2, 0) is 10.0 Å². The number of nitrogens with two attached hydrogens (primary N) is 1. The Morgan fingerprint density at radius 3 is 2.70 bits per heavy atom. The van der Waals surface area contributed by atoms with Crippen molar-refractivity contribution in [1.82, 2.24) is 4.72 Å². The summed E-state index contributed by atoms with van der Waals surface area (Å²) in [5, 5.41) is 10.9. The largest absolute Gasteiger partial charge is 0.318 e. The first kappa shape index (κ1) is 16.7. The van der Waals surface area contributed by atoms with E-state index in [1.807, 2.05) is 6.26 Å². The second-order valence-electron chi connectivity index (χ2n) is 3.82. The Kier molecular flexibility index (Phi) is 6.20. The molecule has 1 rings (SSSR count). The van der Waals surface area contributed by atoms with Gasteiger partial charge in [0.15, 0.2) is 0 Å². The van der Waals surface area contributed by atoms with Crippen molar-refractivity contribution < 1.29 is 13.3 Å². The third-order valence-corrected chi connectivity index (χ3v) is 4.60. The molecule has 0 aliphatic heterocycles. The highest BCUT2D eigenvalue weighted by atomic mass is 32.2. The first-order valence-corrected chi connectivity index (χ1v) is 8.53. The van der Waals surface area contributed by atoms with E-state index in [4.69, 9.17) is 5.84 Å². The second-order valence-corrected chi connectivity index (χ2v) is 6.58. The summed E-state index contributed by atoms with van der Waals surface area (Å²) in [5.41, 5.74) is 1.82. The Morgan fingerprint density at radius 1 is 1.45 bits per heavy atom. The molecule has 0 aromatic heterocycles. The molecule has 10 heteroatoms. The minimum atomic E-state index is -3.75. The van der Waals surface area contributed by atoms with E-state index < -0.39 is 14.9 Å². The zero-order chi connectivity index (χ0) is 15.2. The number of hydrogen-bond donors (Lipinski definition) is 3. The summed E-state index contributed by atoms with van der Waals surface area (Å²) >= 11 is 1.61. The van der Waals surface area contributed by atoms with Crippen LogP contribution in [0.15, 0.2) is 23.1 Å². The van der Waals surface area contributed by atoms with Gasteiger partial charge in [-0.15, -0.1) is 0 Å². The van der Waals surface area contributed by atoms with Crippen LogP contribution < -0.4 is 16.0 Å². The Balaban J connectivity index is 2.95. The first-order chi connectivity index (χ1) is 9.42. The lowest BCUT2D eigenvalue weighted by Crippen LogP contribution is -2.25. The van der Waals surface area contributed by atoms with E-state index in [9.17, 15) is 18.5 Å². The molecular weight excluding hydrogens is 304 g/mol. The van der Waals surface area contributed by atoms with Crippen molar-refractivity contribution >= 4 is 33.2 Å². The molecule has 1 aromatic carbocycles. The Bertz CT molecular complexity index is 577. The van der Waals surface area contributed by atoms with Crippen LogP contribution in [0.4, 0.5) is 11.4 Å². The Labute approximate surface area is 121 Å². The van der Waals surface area contributed by atoms with Crippen molar-refractivity contribution in [3.8, 4) is 0 Å². The van der Waals surface area contributed by atoms with E-state index in [0.29, 0.717) is 6.42 Å². The fourth-order valence-corrected chi connectivity index (χ4v) is 2.98. The van der Waals surface area contributed by atoms with Crippen molar-refractivity contribution in [2.45, 2.75) is 11.3 Å². The van der Waals surface area contributed by atoms with Gasteiger partial charge >= 0.3 is 0 Å². The number of rotatable bonds is 8. The summed E-state index contributed by atoms with van der Waals surface area (Å²) in [6.45, 7) is 0.286. The van der Waals surface area contributed by atoms with Crippen LogP contribution in [0.5, 0.6) is 0 Å². The standard InChI is InChI=1S/C10H16N4O4S2/c1-19-6-2-5-12-20(17,18)8-3-4-9(13-11)10(7-8)14(15)16/h3-4,7,12-13H,2,5-6,11H2,1H3. The number of nitrogens with zero attached hydrogens (tertiary/aromatic N) is 1. The van der Waals surface area contributed by atoms with Crippen LogP contribution in [0, 0.1) is 10.1 Å². The smallest absolute Gasteiger partial charge is 0.294 e. The number of nitro groups is 1. The van der Waals surface area contributed by atoms with Crippen LogP contribution in [-0.4, -0.2) is 31.9 Å². The van der Waals surface area contributed by atoms with E-state index in [1.54, 1.807) is 11.8 Å². The lowest BCUT2D eigenvalue weighted by molar-refractivity contribution is -0.384. The highest BCUT2D eigenvalue weighted by Gasteiger charge is 2.20. The van der Waals surface area contributed by atoms with E-state index in [-0.39, 0.29) is 22.8 Å². The van der Waals surface area contributed by atoms with Gasteiger partial charge in [-0.25, -0.2) is 13.1 Å². The lowest BCUT2D eigenvalue weighted by Gasteiger charge is -2.08. The van der Waals surface area contributed by atoms with Gasteiger partial charge in [-0.2, -0.15) is 11.8 Å². The molecule has 0 unspecified atom stereocenters. The first-order valence-electron chi connectivity index (χ1n) is 5.66. The Morgan fingerprint density at radius 2 is 2.15 bits per heavy atom. The molecule has 0 heterocycles. The van der Waals surface area contributed by atoms with E-state index in [1.165, 1.54) is 12.1 Å². The number of nitro benzene ring substituents is 1. The van der Waals surface area contributed by atoms with E-state index in [0.717, 1.165) is 11.8 Å². The molecule has 20 heavy (non-hydrogen) atoms. The number of hydrogen-bond acceptors (Lipinski definition) is 7. The van der Waals surface area contributed by atoms with Crippen molar-refractivity contribution in [2.24, 2.45) is 5.84 Å². The highest BCUT2D eigenvalue weighted by Crippen LogP contribution is 2.26. The number of nitrogen functional groups attached to an aromatic ring is 1. The molecule has 0 radical (unpaired) electrons. The van der Waals surface area contributed by atoms with Crippen LogP contribution in [0.2, 0.25) is 0 Å². The number of anilines is 1. The van der Waals surface area contributed by atoms with Gasteiger partial charge in [-0.3, -0.25) is 16.0 Å². The van der Waals surface area contributed by atoms with Crippen LogP contribution >= 0.6 is 11.8 Å². The summed E-state index contributed by atoms with van der Waals surface area (Å²) in [6.07, 6.45) is 2.61. The van der Waals surface area contributed by atoms with Crippen molar-refractivity contribution in [1.29, 1.82) is 0 Å². The fourth-order valence-electron chi connectivity index (χ4n) is 1.46. The van der Waals surface area contributed by atoms with Gasteiger partial charge in [0.2, 0.25) is 10.0 Å². The summed E-state index contributed by atoms with van der Waals surface area (Å²) in [7, 11) is -3.75. The molecule has 0 fully saturated rings. The maximum absolute atomic E-state index is 12.0. The predicted molar refractivity (Wildman–Crippen MR) is 79.1 cm³/mol. The van der Waals surface area contributed by atoms with Crippen molar-refractivity contribution in [2.75, 3.05) is 24.0 Å². The maximum atomic E-state index is 12.0. The van der Waals surface area contributed by atoms with Gasteiger partial charge in [-0.05, 0) is 30.6 Å². The van der Waals surface area contributed by atoms with Gasteiger partial charge in [0.1, 0.15) is 5.69 Å². The van der Waals surface area contributed by atoms with Crippen molar-refractivity contribution in [3.63, 3.8) is 0 Å². The number of nitrogens with one attached hydrogen (secondary N) is 2. The molecule has 0 spiro atoms. The fraction of sp³-hybridized carbons (Fsp3) is 0.400. The monoisotopic (exact) mass is 320 g/mol. The van der Waals surface area contributed by atoms with Crippen molar-refractivity contribution in [3.05, 3.63) is 28.3 Å². The lowest BCUT2D eigenvalue weighted by atomic mass is 10.3. The number of thioether (sulfide) groups is 1. The number of hydrazine groups is 1. The van der Waals surface area contributed by atoms with Gasteiger partial charge in [0.25, 0.3) is 5.69 Å². The molecular formula is C10H16N4O4S2. The van der Waals surface area contributed by atoms with Gasteiger partial charge in [0.05, 0.1) is 9.82 Å². The summed E-state index contributed by atoms with van der Waals surface area (Å²) < 4.78 is 26.4. The predicted octanol–water partition coefficient (Wildman–Crippen LogP) is 0.912. The quantitative estimate of drug-likeness (QED) is 0.281.